The molecular weight excluding hydrogens is 539 g/mol. The van der Waals surface area contributed by atoms with Crippen LogP contribution in [0, 0.1) is 0 Å². The second-order valence-corrected chi connectivity index (χ2v) is 10.4. The number of nitrogens with one attached hydrogen (secondary N) is 3. The third-order valence-corrected chi connectivity index (χ3v) is 8.38. The van der Waals surface area contributed by atoms with E-state index in [2.05, 4.69) is 36.5 Å². The molecule has 2 aliphatic heterocycles. The smallest absolute Gasteiger partial charge is 0.352 e. The van der Waals surface area contributed by atoms with E-state index in [-0.39, 0.29) is 17.1 Å². The molecule has 18 heteroatoms. The van der Waals surface area contributed by atoms with Crippen molar-refractivity contribution in [1.29, 1.82) is 0 Å². The Balaban J connectivity index is 1.42. The minimum atomic E-state index is -1.25. The SMILES string of the molecule is CNC(=S)Nc1nc(C(=O)C(=O)NC2C(=O)N3C(C(=O)O)=C(CSc4nnnn4C)CS[C@H]23)cs1. The number of Topliss-reactive ketones (excluding diaryl/α,β-unsaturated/α-hetero) is 1. The number of fused-ring (bicyclic) bond motifs is 1. The number of aliphatic carboxylic acids is 1. The molecule has 0 radical (unpaired) electrons. The lowest BCUT2D eigenvalue weighted by atomic mass is 10.0. The standard InChI is InChI=1S/C17H17N9O5S4/c1-18-15(32)21-16-19-7(5-34-16)10(27)11(28)20-8-12(29)26-9(14(30)31)6(3-33-13(8)26)4-35-17-22-23-24-25(17)2/h5,8,13H,3-4H2,1-2H3,(H,20,28)(H,30,31)(H2,18,19,21,32)/t8?,13-/m1/s1. The van der Waals surface area contributed by atoms with Gasteiger partial charge < -0.3 is 21.1 Å². The number of carboxylic acid groups (broad SMARTS) is 1. The van der Waals surface area contributed by atoms with Crippen LogP contribution in [0.4, 0.5) is 5.13 Å². The van der Waals surface area contributed by atoms with Gasteiger partial charge in [0.05, 0.1) is 0 Å². The van der Waals surface area contributed by atoms with Gasteiger partial charge in [-0.25, -0.2) is 14.5 Å². The molecule has 0 spiro atoms. The Hall–Kier alpha value is -3.09. The summed E-state index contributed by atoms with van der Waals surface area (Å²) in [5.74, 6) is -3.19. The van der Waals surface area contributed by atoms with Crippen molar-refractivity contribution in [2.45, 2.75) is 16.6 Å². The Morgan fingerprint density at radius 1 is 1.37 bits per heavy atom. The fourth-order valence-corrected chi connectivity index (χ4v) is 6.40. The van der Waals surface area contributed by atoms with Gasteiger partial charge in [-0.15, -0.1) is 28.2 Å². The molecule has 184 valence electrons. The van der Waals surface area contributed by atoms with Crippen molar-refractivity contribution in [3.8, 4) is 0 Å². The third-order valence-electron chi connectivity index (χ3n) is 4.88. The normalized spacial score (nSPS) is 19.0. The van der Waals surface area contributed by atoms with Gasteiger partial charge >= 0.3 is 5.97 Å². The number of amides is 2. The second kappa shape index (κ2) is 10.3. The van der Waals surface area contributed by atoms with Crippen LogP contribution in [0.15, 0.2) is 21.8 Å². The first-order valence-corrected chi connectivity index (χ1v) is 13.1. The molecule has 1 unspecified atom stereocenters. The van der Waals surface area contributed by atoms with Crippen molar-refractivity contribution in [2.24, 2.45) is 7.05 Å². The maximum atomic E-state index is 12.8. The molecule has 4 N–H and O–H groups in total. The monoisotopic (exact) mass is 555 g/mol. The van der Waals surface area contributed by atoms with E-state index >= 15 is 0 Å². The summed E-state index contributed by atoms with van der Waals surface area (Å²) in [4.78, 5) is 55.0. The number of thiocarbonyl (C=S) groups is 1. The number of hydrogen-bond donors (Lipinski definition) is 4. The van der Waals surface area contributed by atoms with Crippen LogP contribution in [0.3, 0.4) is 0 Å². The zero-order valence-corrected chi connectivity index (χ0v) is 21.3. The molecule has 14 nitrogen and oxygen atoms in total. The van der Waals surface area contributed by atoms with Crippen molar-refractivity contribution in [1.82, 2.24) is 40.7 Å². The van der Waals surface area contributed by atoms with Crippen molar-refractivity contribution < 1.29 is 24.3 Å². The topological polar surface area (TPSA) is 184 Å². The van der Waals surface area contributed by atoms with Gasteiger partial charge in [0.25, 0.3) is 17.6 Å². The number of thioether (sulfide) groups is 2. The van der Waals surface area contributed by atoms with Gasteiger partial charge in [0.15, 0.2) is 10.2 Å². The summed E-state index contributed by atoms with van der Waals surface area (Å²) in [6, 6.07) is -1.03. The van der Waals surface area contributed by atoms with E-state index in [9.17, 15) is 24.3 Å². The molecule has 2 amide bonds. The first-order valence-electron chi connectivity index (χ1n) is 9.75. The molecule has 35 heavy (non-hydrogen) atoms. The van der Waals surface area contributed by atoms with Crippen molar-refractivity contribution in [2.75, 3.05) is 23.9 Å². The number of β-lactam (4-membered cyclic amide) rings is 1. The summed E-state index contributed by atoms with van der Waals surface area (Å²) in [5.41, 5.74) is 0.300. The van der Waals surface area contributed by atoms with Crippen molar-refractivity contribution in [3.63, 3.8) is 0 Å². The van der Waals surface area contributed by atoms with Crippen LogP contribution >= 0.6 is 47.1 Å². The number of tetrazole rings is 1. The summed E-state index contributed by atoms with van der Waals surface area (Å²) in [6.45, 7) is 0. The van der Waals surface area contributed by atoms with Crippen LogP contribution in [-0.2, 0) is 21.4 Å². The minimum Gasteiger partial charge on any atom is -0.477 e. The summed E-state index contributed by atoms with van der Waals surface area (Å²) in [5, 5.41) is 30.6. The fourth-order valence-electron chi connectivity index (χ4n) is 3.21. The number of thiazole rings is 1. The number of ketones is 1. The molecule has 4 rings (SSSR count). The number of anilines is 1. The number of carboxylic acids is 1. The molecule has 0 saturated carbocycles. The highest BCUT2D eigenvalue weighted by molar-refractivity contribution is 8.01. The first kappa shape index (κ1) is 25.0. The Labute approximate surface area is 215 Å². The van der Waals surface area contributed by atoms with E-state index in [4.69, 9.17) is 12.2 Å². The first-order chi connectivity index (χ1) is 16.7. The number of hydrogen-bond acceptors (Lipinski definition) is 12. The Bertz CT molecular complexity index is 1260. The van der Waals surface area contributed by atoms with Gasteiger partial charge in [0.2, 0.25) is 5.16 Å². The predicted octanol–water partition coefficient (Wildman–Crippen LogP) is -0.704. The average molecular weight is 556 g/mol. The van der Waals surface area contributed by atoms with Gasteiger partial charge in [-0.05, 0) is 28.2 Å². The summed E-state index contributed by atoms with van der Waals surface area (Å²) >= 11 is 8.60. The Kier molecular flexibility index (Phi) is 7.33. The highest BCUT2D eigenvalue weighted by Gasteiger charge is 2.54. The summed E-state index contributed by atoms with van der Waals surface area (Å²) in [6.07, 6.45) is 0. The number of aromatic nitrogens is 5. The van der Waals surface area contributed by atoms with Gasteiger partial charge in [0, 0.05) is 31.0 Å². The zero-order chi connectivity index (χ0) is 25.3. The lowest BCUT2D eigenvalue weighted by molar-refractivity contribution is -0.150. The maximum absolute atomic E-state index is 12.8. The highest BCUT2D eigenvalue weighted by atomic mass is 32.2. The van der Waals surface area contributed by atoms with E-state index < -0.39 is 35.0 Å². The molecule has 2 aliphatic rings. The minimum absolute atomic E-state index is 0.0995. The maximum Gasteiger partial charge on any atom is 0.352 e. The highest BCUT2D eigenvalue weighted by Crippen LogP contribution is 2.41. The van der Waals surface area contributed by atoms with E-state index in [1.807, 2.05) is 0 Å². The zero-order valence-electron chi connectivity index (χ0n) is 18.0. The van der Waals surface area contributed by atoms with Crippen LogP contribution in [0.25, 0.3) is 0 Å². The van der Waals surface area contributed by atoms with Gasteiger partial charge in [-0.2, -0.15) is 0 Å². The molecule has 1 saturated heterocycles. The largest absolute Gasteiger partial charge is 0.477 e. The van der Waals surface area contributed by atoms with E-state index in [1.165, 1.54) is 33.6 Å². The Morgan fingerprint density at radius 2 is 2.14 bits per heavy atom. The average Bonchev–Trinajstić information content (AvgIpc) is 3.48. The molecular formula is C17H17N9O5S4. The summed E-state index contributed by atoms with van der Waals surface area (Å²) in [7, 11) is 3.28. The lowest BCUT2D eigenvalue weighted by Crippen LogP contribution is -2.71. The number of carbonyl (C=O) groups is 4. The molecule has 4 heterocycles. The number of rotatable bonds is 8. The van der Waals surface area contributed by atoms with E-state index in [0.29, 0.717) is 26.7 Å². The molecule has 0 aromatic carbocycles. The third kappa shape index (κ3) is 5.00. The van der Waals surface area contributed by atoms with E-state index in [0.717, 1.165) is 16.2 Å². The van der Waals surface area contributed by atoms with Gasteiger partial charge in [-0.3, -0.25) is 19.3 Å². The second-order valence-electron chi connectivity index (χ2n) is 7.06. The molecule has 2 aromatic heterocycles. The van der Waals surface area contributed by atoms with Gasteiger partial charge in [-0.1, -0.05) is 11.8 Å². The molecule has 0 aliphatic carbocycles. The van der Waals surface area contributed by atoms with Crippen LogP contribution < -0.4 is 16.0 Å². The summed E-state index contributed by atoms with van der Waals surface area (Å²) < 4.78 is 1.46. The van der Waals surface area contributed by atoms with E-state index in [1.54, 1.807) is 14.1 Å². The van der Waals surface area contributed by atoms with Crippen LogP contribution in [0.5, 0.6) is 0 Å². The van der Waals surface area contributed by atoms with Crippen molar-refractivity contribution in [3.05, 3.63) is 22.3 Å². The lowest BCUT2D eigenvalue weighted by Gasteiger charge is -2.49. The van der Waals surface area contributed by atoms with Crippen LogP contribution in [0.1, 0.15) is 10.5 Å². The number of aryl methyl sites for hydroxylation is 1. The number of nitrogens with zero attached hydrogens (tertiary/aromatic N) is 6. The molecule has 1 fully saturated rings. The quantitative estimate of drug-likeness (QED) is 0.105. The molecule has 2 aromatic rings. The van der Waals surface area contributed by atoms with Crippen LogP contribution in [0.2, 0.25) is 0 Å². The molecule has 2 atom stereocenters. The Morgan fingerprint density at radius 3 is 2.80 bits per heavy atom. The van der Waals surface area contributed by atoms with Gasteiger partial charge in [0.1, 0.15) is 22.8 Å². The number of carbonyl (C=O) groups excluding carboxylic acids is 3. The predicted molar refractivity (Wildman–Crippen MR) is 131 cm³/mol. The van der Waals surface area contributed by atoms with Crippen molar-refractivity contribution >= 4 is 80.9 Å². The van der Waals surface area contributed by atoms with Crippen LogP contribution in [-0.4, -0.2) is 93.8 Å². The fraction of sp³-hybridized carbons (Fsp3) is 0.353. The molecule has 0 bridgehead atoms.